The molecule has 0 aliphatic heterocycles. The quantitative estimate of drug-likeness (QED) is 0.434. The zero-order valence-corrected chi connectivity index (χ0v) is 15.8. The fourth-order valence-corrected chi connectivity index (χ4v) is 4.51. The number of hydrogen-bond donors (Lipinski definition) is 0. The molecule has 0 saturated heterocycles. The summed E-state index contributed by atoms with van der Waals surface area (Å²) < 4.78 is 5.85. The van der Waals surface area contributed by atoms with Crippen LogP contribution in [0.2, 0.25) is 0 Å². The van der Waals surface area contributed by atoms with Gasteiger partial charge in [-0.3, -0.25) is 4.79 Å². The number of furan rings is 1. The molecule has 4 rings (SSSR count). The lowest BCUT2D eigenvalue weighted by Crippen LogP contribution is -1.99. The Labute approximate surface area is 161 Å². The van der Waals surface area contributed by atoms with Gasteiger partial charge in [-0.15, -0.1) is 11.3 Å². The first kappa shape index (κ1) is 17.4. The minimum atomic E-state index is 0.0424. The molecule has 5 heteroatoms. The van der Waals surface area contributed by atoms with Crippen molar-refractivity contribution < 1.29 is 9.21 Å². The van der Waals surface area contributed by atoms with E-state index in [1.54, 1.807) is 36.6 Å². The molecule has 0 saturated carbocycles. The first-order valence-corrected chi connectivity index (χ1v) is 9.77. The highest BCUT2D eigenvalue weighted by Crippen LogP contribution is 2.39. The number of carbonyl (C=O) groups excluding carboxylic acids is 1. The van der Waals surface area contributed by atoms with Crippen molar-refractivity contribution in [1.29, 1.82) is 5.26 Å². The predicted octanol–water partition coefficient (Wildman–Crippen LogP) is 5.71. The van der Waals surface area contributed by atoms with Crippen molar-refractivity contribution in [2.45, 2.75) is 32.6 Å². The normalized spacial score (nSPS) is 13.5. The van der Waals surface area contributed by atoms with Crippen molar-refractivity contribution in [3.8, 4) is 17.4 Å². The molecule has 0 atom stereocenters. The number of Topliss-reactive ketones (excluding diaryl/α,β-unsaturated/α-hetero) is 1. The number of ketones is 1. The van der Waals surface area contributed by atoms with E-state index in [9.17, 15) is 10.1 Å². The van der Waals surface area contributed by atoms with Gasteiger partial charge in [0, 0.05) is 16.0 Å². The third-order valence-electron chi connectivity index (χ3n) is 4.78. The van der Waals surface area contributed by atoms with Crippen LogP contribution < -0.4 is 0 Å². The van der Waals surface area contributed by atoms with Crippen LogP contribution in [0.15, 0.2) is 45.8 Å². The lowest BCUT2D eigenvalue weighted by Gasteiger charge is -2.09. The summed E-state index contributed by atoms with van der Waals surface area (Å²) in [5.41, 5.74) is 3.49. The van der Waals surface area contributed by atoms with Crippen LogP contribution in [0.4, 0.5) is 5.00 Å². The second-order valence-corrected chi connectivity index (χ2v) is 7.68. The van der Waals surface area contributed by atoms with Gasteiger partial charge < -0.3 is 4.42 Å². The zero-order valence-electron chi connectivity index (χ0n) is 15.0. The van der Waals surface area contributed by atoms with Crippen molar-refractivity contribution in [2.75, 3.05) is 0 Å². The first-order chi connectivity index (χ1) is 13.2. The number of nitriles is 1. The van der Waals surface area contributed by atoms with E-state index in [1.165, 1.54) is 16.9 Å². The Hall–Kier alpha value is -2.97. The van der Waals surface area contributed by atoms with Crippen LogP contribution >= 0.6 is 11.3 Å². The standard InChI is InChI=1S/C22H18N2O2S/c1-14(25)15-6-8-16(9-7-15)20-11-10-17(26-20)13-24-22-19(12-23)18-4-2-3-5-21(18)27-22/h6-11,13H,2-5H2,1H3. The molecule has 0 fully saturated rings. The smallest absolute Gasteiger partial charge is 0.159 e. The van der Waals surface area contributed by atoms with Crippen molar-refractivity contribution in [1.82, 2.24) is 0 Å². The van der Waals surface area contributed by atoms with Gasteiger partial charge in [0.15, 0.2) is 5.78 Å². The number of aryl methyl sites for hydroxylation is 1. The largest absolute Gasteiger partial charge is 0.455 e. The van der Waals surface area contributed by atoms with Gasteiger partial charge in [-0.25, -0.2) is 4.99 Å². The molecule has 2 heterocycles. The number of nitrogens with zero attached hydrogens (tertiary/aromatic N) is 2. The number of fused-ring (bicyclic) bond motifs is 1. The van der Waals surface area contributed by atoms with Crippen LogP contribution in [0.1, 0.15) is 51.9 Å². The molecule has 0 unspecified atom stereocenters. The van der Waals surface area contributed by atoms with Crippen molar-refractivity contribution in [2.24, 2.45) is 4.99 Å². The summed E-state index contributed by atoms with van der Waals surface area (Å²) in [5, 5.41) is 10.3. The van der Waals surface area contributed by atoms with Crippen molar-refractivity contribution in [3.05, 3.63) is 63.7 Å². The lowest BCUT2D eigenvalue weighted by molar-refractivity contribution is 0.101. The highest BCUT2D eigenvalue weighted by molar-refractivity contribution is 7.16. The van der Waals surface area contributed by atoms with E-state index >= 15 is 0 Å². The third-order valence-corrected chi connectivity index (χ3v) is 5.98. The lowest BCUT2D eigenvalue weighted by atomic mass is 9.96. The predicted molar refractivity (Wildman–Crippen MR) is 107 cm³/mol. The second-order valence-electron chi connectivity index (χ2n) is 6.60. The van der Waals surface area contributed by atoms with Crippen LogP contribution in [0, 0.1) is 11.3 Å². The highest BCUT2D eigenvalue weighted by Gasteiger charge is 2.20. The highest BCUT2D eigenvalue weighted by atomic mass is 32.1. The Morgan fingerprint density at radius 1 is 1.19 bits per heavy atom. The Balaban J connectivity index is 1.57. The summed E-state index contributed by atoms with van der Waals surface area (Å²) in [6.45, 7) is 1.55. The molecular formula is C22H18N2O2S. The van der Waals surface area contributed by atoms with E-state index in [4.69, 9.17) is 4.42 Å². The molecule has 0 N–H and O–H groups in total. The maximum Gasteiger partial charge on any atom is 0.159 e. The fraction of sp³-hybridized carbons (Fsp3) is 0.227. The van der Waals surface area contributed by atoms with Crippen molar-refractivity contribution in [3.63, 3.8) is 0 Å². The molecule has 1 aliphatic rings. The maximum absolute atomic E-state index is 11.4. The SMILES string of the molecule is CC(=O)c1ccc(-c2ccc(C=Nc3sc4c(c3C#N)CCCC4)o2)cc1. The molecule has 27 heavy (non-hydrogen) atoms. The van der Waals surface area contributed by atoms with Crippen molar-refractivity contribution >= 4 is 28.3 Å². The van der Waals surface area contributed by atoms with Gasteiger partial charge in [0.05, 0.1) is 11.8 Å². The number of rotatable bonds is 4. The van der Waals surface area contributed by atoms with E-state index in [-0.39, 0.29) is 5.78 Å². The first-order valence-electron chi connectivity index (χ1n) is 8.95. The van der Waals surface area contributed by atoms with Crippen LogP contribution in [0.25, 0.3) is 11.3 Å². The van der Waals surface area contributed by atoms with Crippen LogP contribution in [-0.2, 0) is 12.8 Å². The monoisotopic (exact) mass is 374 g/mol. The molecule has 4 nitrogen and oxygen atoms in total. The average molecular weight is 374 g/mol. The van der Waals surface area contributed by atoms with E-state index in [2.05, 4.69) is 11.1 Å². The van der Waals surface area contributed by atoms with Gasteiger partial charge >= 0.3 is 0 Å². The van der Waals surface area contributed by atoms with E-state index in [1.807, 2.05) is 24.3 Å². The Bertz CT molecular complexity index is 1060. The number of carbonyl (C=O) groups is 1. The average Bonchev–Trinajstić information content (AvgIpc) is 3.30. The molecule has 0 spiro atoms. The van der Waals surface area contributed by atoms with Gasteiger partial charge in [0.1, 0.15) is 22.6 Å². The summed E-state index contributed by atoms with van der Waals surface area (Å²) >= 11 is 1.62. The van der Waals surface area contributed by atoms with E-state index in [0.29, 0.717) is 11.3 Å². The second kappa shape index (κ2) is 7.34. The zero-order chi connectivity index (χ0) is 18.8. The topological polar surface area (TPSA) is 66.4 Å². The molecule has 3 aromatic rings. The summed E-state index contributed by atoms with van der Waals surface area (Å²) in [7, 11) is 0. The number of thiophene rings is 1. The molecule has 134 valence electrons. The molecule has 0 bridgehead atoms. The summed E-state index contributed by atoms with van der Waals surface area (Å²) in [5.74, 6) is 1.40. The van der Waals surface area contributed by atoms with Gasteiger partial charge in [-0.2, -0.15) is 5.26 Å². The molecule has 1 aromatic carbocycles. The molecule has 0 radical (unpaired) electrons. The van der Waals surface area contributed by atoms with Crippen LogP contribution in [-0.4, -0.2) is 12.0 Å². The molecular weight excluding hydrogens is 356 g/mol. The van der Waals surface area contributed by atoms with Gasteiger partial charge in [0.2, 0.25) is 0 Å². The molecule has 1 aliphatic carbocycles. The Morgan fingerprint density at radius 3 is 2.70 bits per heavy atom. The maximum atomic E-state index is 11.4. The van der Waals surface area contributed by atoms with Crippen LogP contribution in [0.3, 0.4) is 0 Å². The fourth-order valence-electron chi connectivity index (χ4n) is 3.33. The number of benzene rings is 1. The van der Waals surface area contributed by atoms with Gasteiger partial charge in [-0.1, -0.05) is 24.3 Å². The van der Waals surface area contributed by atoms with Gasteiger partial charge in [0.25, 0.3) is 0 Å². The van der Waals surface area contributed by atoms with Gasteiger partial charge in [-0.05, 0) is 50.3 Å². The number of aliphatic imine (C=N–C) groups is 1. The van der Waals surface area contributed by atoms with Crippen LogP contribution in [0.5, 0.6) is 0 Å². The Morgan fingerprint density at radius 2 is 1.96 bits per heavy atom. The number of hydrogen-bond acceptors (Lipinski definition) is 5. The third kappa shape index (κ3) is 3.49. The van der Waals surface area contributed by atoms with E-state index in [0.717, 1.165) is 41.2 Å². The summed E-state index contributed by atoms with van der Waals surface area (Å²) in [4.78, 5) is 17.2. The Kier molecular flexibility index (Phi) is 4.74. The summed E-state index contributed by atoms with van der Waals surface area (Å²) in [6.07, 6.45) is 6.03. The van der Waals surface area contributed by atoms with E-state index < -0.39 is 0 Å². The minimum absolute atomic E-state index is 0.0424. The summed E-state index contributed by atoms with van der Waals surface area (Å²) in [6, 6.07) is 13.4. The molecule has 2 aromatic heterocycles. The molecule has 0 amide bonds. The minimum Gasteiger partial charge on any atom is -0.455 e.